The van der Waals surface area contributed by atoms with Crippen LogP contribution in [0.3, 0.4) is 0 Å². The van der Waals surface area contributed by atoms with Crippen LogP contribution in [0, 0.1) is 17.6 Å². The highest BCUT2D eigenvalue weighted by Crippen LogP contribution is 2.34. The van der Waals surface area contributed by atoms with Crippen LogP contribution in [0.4, 0.5) is 8.78 Å². The van der Waals surface area contributed by atoms with Crippen molar-refractivity contribution in [2.75, 3.05) is 6.61 Å². The molecule has 2 heterocycles. The van der Waals surface area contributed by atoms with Crippen molar-refractivity contribution in [2.45, 2.75) is 43.5 Å². The maximum absolute atomic E-state index is 14.9. The number of halogens is 3. The minimum absolute atomic E-state index is 0.0612. The number of sulfone groups is 1. The predicted octanol–water partition coefficient (Wildman–Crippen LogP) is 4.83. The molecule has 0 spiro atoms. The molecule has 0 radical (unpaired) electrons. The van der Waals surface area contributed by atoms with Crippen molar-refractivity contribution in [3.05, 3.63) is 41.1 Å². The molecular formula is C21H21ClF2N4O3S. The van der Waals surface area contributed by atoms with E-state index in [1.165, 1.54) is 12.3 Å². The monoisotopic (exact) mass is 482 g/mol. The second kappa shape index (κ2) is 8.74. The first kappa shape index (κ1) is 22.6. The molecular weight excluding hydrogens is 462 g/mol. The number of aromatic nitrogens is 4. The highest BCUT2D eigenvalue weighted by atomic mass is 35.5. The molecule has 3 aromatic rings. The van der Waals surface area contributed by atoms with E-state index in [9.17, 15) is 17.2 Å². The molecule has 1 fully saturated rings. The molecule has 0 atom stereocenters. The SMILES string of the molecule is CC(C)COc1ncc(-c2cc(F)c(-c3n[nH]c(S(=O)(=O)C4CCC4)n3)cc2F)cc1Cl. The summed E-state index contributed by atoms with van der Waals surface area (Å²) < 4.78 is 60.1. The molecule has 7 nitrogen and oxygen atoms in total. The first-order valence-corrected chi connectivity index (χ1v) is 12.0. The number of nitrogens with one attached hydrogen (secondary N) is 1. The molecule has 0 unspecified atom stereocenters. The average molecular weight is 483 g/mol. The smallest absolute Gasteiger partial charge is 0.243 e. The Labute approximate surface area is 189 Å². The molecule has 0 amide bonds. The van der Waals surface area contributed by atoms with Gasteiger partial charge in [-0.05, 0) is 37.0 Å². The number of nitrogens with zero attached hydrogens (tertiary/aromatic N) is 3. The molecule has 1 aliphatic carbocycles. The van der Waals surface area contributed by atoms with Crippen LogP contribution in [0.25, 0.3) is 22.5 Å². The molecule has 170 valence electrons. The van der Waals surface area contributed by atoms with E-state index < -0.39 is 26.7 Å². The lowest BCUT2D eigenvalue weighted by Crippen LogP contribution is -2.29. The number of benzene rings is 1. The number of hydrogen-bond donors (Lipinski definition) is 1. The second-order valence-electron chi connectivity index (χ2n) is 8.09. The Morgan fingerprint density at radius 2 is 1.88 bits per heavy atom. The summed E-state index contributed by atoms with van der Waals surface area (Å²) in [6.07, 6.45) is 3.27. The molecule has 1 aromatic carbocycles. The van der Waals surface area contributed by atoms with Gasteiger partial charge in [-0.15, -0.1) is 0 Å². The van der Waals surface area contributed by atoms with Crippen molar-refractivity contribution < 1.29 is 21.9 Å². The number of aromatic amines is 1. The van der Waals surface area contributed by atoms with Crippen LogP contribution in [0.5, 0.6) is 5.88 Å². The number of hydrogen-bond acceptors (Lipinski definition) is 6. The third kappa shape index (κ3) is 4.33. The zero-order chi connectivity index (χ0) is 23.0. The van der Waals surface area contributed by atoms with Gasteiger partial charge in [0.25, 0.3) is 0 Å². The van der Waals surface area contributed by atoms with E-state index in [0.717, 1.165) is 18.6 Å². The second-order valence-corrected chi connectivity index (χ2v) is 10.6. The predicted molar refractivity (Wildman–Crippen MR) is 115 cm³/mol. The normalized spacial score (nSPS) is 14.6. The lowest BCUT2D eigenvalue weighted by molar-refractivity contribution is 0.261. The van der Waals surface area contributed by atoms with E-state index in [-0.39, 0.29) is 44.5 Å². The molecule has 1 aliphatic rings. The van der Waals surface area contributed by atoms with Gasteiger partial charge in [-0.25, -0.2) is 27.3 Å². The fourth-order valence-corrected chi connectivity index (χ4v) is 5.07. The van der Waals surface area contributed by atoms with Crippen molar-refractivity contribution in [3.8, 4) is 28.4 Å². The molecule has 0 bridgehead atoms. The van der Waals surface area contributed by atoms with E-state index >= 15 is 0 Å². The molecule has 1 saturated carbocycles. The van der Waals surface area contributed by atoms with Gasteiger partial charge in [0, 0.05) is 17.3 Å². The lowest BCUT2D eigenvalue weighted by Gasteiger charge is -2.23. The fourth-order valence-electron chi connectivity index (χ4n) is 3.20. The number of pyridine rings is 1. The van der Waals surface area contributed by atoms with E-state index in [2.05, 4.69) is 20.2 Å². The highest BCUT2D eigenvalue weighted by Gasteiger charge is 2.35. The summed E-state index contributed by atoms with van der Waals surface area (Å²) >= 11 is 6.18. The minimum atomic E-state index is -3.66. The van der Waals surface area contributed by atoms with Gasteiger partial charge in [0.2, 0.25) is 20.9 Å². The van der Waals surface area contributed by atoms with E-state index in [1.54, 1.807) is 0 Å². The summed E-state index contributed by atoms with van der Waals surface area (Å²) in [6.45, 7) is 4.36. The summed E-state index contributed by atoms with van der Waals surface area (Å²) in [4.78, 5) is 8.01. The number of H-pyrrole nitrogens is 1. The molecule has 11 heteroatoms. The maximum atomic E-state index is 14.9. The molecule has 4 rings (SSSR count). The number of rotatable bonds is 7. The summed E-state index contributed by atoms with van der Waals surface area (Å²) in [6, 6.07) is 3.34. The van der Waals surface area contributed by atoms with Crippen LogP contribution in [0.2, 0.25) is 5.02 Å². The van der Waals surface area contributed by atoms with E-state index in [4.69, 9.17) is 16.3 Å². The summed E-state index contributed by atoms with van der Waals surface area (Å²) in [5.41, 5.74) is -0.0551. The molecule has 0 aliphatic heterocycles. The van der Waals surface area contributed by atoms with Crippen LogP contribution in [-0.2, 0) is 9.84 Å². The Bertz CT molecular complexity index is 1260. The van der Waals surface area contributed by atoms with Crippen molar-refractivity contribution in [1.29, 1.82) is 0 Å². The van der Waals surface area contributed by atoms with Crippen molar-refractivity contribution in [1.82, 2.24) is 20.2 Å². The maximum Gasteiger partial charge on any atom is 0.243 e. The quantitative estimate of drug-likeness (QED) is 0.518. The van der Waals surface area contributed by atoms with Crippen molar-refractivity contribution in [3.63, 3.8) is 0 Å². The summed E-state index contributed by atoms with van der Waals surface area (Å²) in [7, 11) is -3.66. The number of ether oxygens (including phenoxy) is 1. The van der Waals surface area contributed by atoms with Crippen molar-refractivity contribution >= 4 is 21.4 Å². The average Bonchev–Trinajstić information content (AvgIpc) is 3.17. The van der Waals surface area contributed by atoms with Crippen LogP contribution in [0.1, 0.15) is 33.1 Å². The largest absolute Gasteiger partial charge is 0.476 e. The van der Waals surface area contributed by atoms with Crippen LogP contribution in [0.15, 0.2) is 29.6 Å². The lowest BCUT2D eigenvalue weighted by atomic mass is 10.0. The van der Waals surface area contributed by atoms with Gasteiger partial charge < -0.3 is 4.74 Å². The van der Waals surface area contributed by atoms with Gasteiger partial charge in [0.15, 0.2) is 5.82 Å². The first-order valence-electron chi connectivity index (χ1n) is 10.1. The fraction of sp³-hybridized carbons (Fsp3) is 0.381. The Balaban J connectivity index is 1.63. The Morgan fingerprint density at radius 1 is 1.19 bits per heavy atom. The van der Waals surface area contributed by atoms with E-state index in [0.29, 0.717) is 19.4 Å². The molecule has 1 N–H and O–H groups in total. The van der Waals surface area contributed by atoms with Gasteiger partial charge in [-0.2, -0.15) is 10.1 Å². The Morgan fingerprint density at radius 3 is 2.50 bits per heavy atom. The zero-order valence-electron chi connectivity index (χ0n) is 17.4. The Kier molecular flexibility index (Phi) is 6.17. The Hall–Kier alpha value is -2.59. The third-order valence-electron chi connectivity index (χ3n) is 5.19. The minimum Gasteiger partial charge on any atom is -0.476 e. The van der Waals surface area contributed by atoms with Gasteiger partial charge in [-0.1, -0.05) is 31.9 Å². The summed E-state index contributed by atoms with van der Waals surface area (Å²) in [5, 5.41) is 5.44. The van der Waals surface area contributed by atoms with Gasteiger partial charge in [-0.3, -0.25) is 0 Å². The first-order chi connectivity index (χ1) is 15.2. The molecule has 32 heavy (non-hydrogen) atoms. The molecule has 0 saturated heterocycles. The van der Waals surface area contributed by atoms with Gasteiger partial charge in [0.05, 0.1) is 17.4 Å². The standard InChI is InChI=1S/C21H21ClF2N4O3S/c1-11(2)10-31-20-16(22)6-12(9-25-20)14-7-18(24)15(8-17(14)23)19-26-21(28-27-19)32(29,30)13-4-3-5-13/h6-9,11,13H,3-5,10H2,1-2H3,(H,26,27,28). The molecule has 2 aromatic heterocycles. The van der Waals surface area contributed by atoms with Gasteiger partial charge >= 0.3 is 0 Å². The zero-order valence-corrected chi connectivity index (χ0v) is 19.0. The van der Waals surface area contributed by atoms with E-state index in [1.807, 2.05) is 13.8 Å². The van der Waals surface area contributed by atoms with Crippen LogP contribution < -0.4 is 4.74 Å². The van der Waals surface area contributed by atoms with Crippen LogP contribution >= 0.6 is 11.6 Å². The topological polar surface area (TPSA) is 97.8 Å². The highest BCUT2D eigenvalue weighted by molar-refractivity contribution is 7.91. The summed E-state index contributed by atoms with van der Waals surface area (Å²) in [5.74, 6) is -1.33. The van der Waals surface area contributed by atoms with Crippen LogP contribution in [-0.4, -0.2) is 40.4 Å². The van der Waals surface area contributed by atoms with Crippen molar-refractivity contribution in [2.24, 2.45) is 5.92 Å². The van der Waals surface area contributed by atoms with Gasteiger partial charge in [0.1, 0.15) is 16.7 Å². The third-order valence-corrected chi connectivity index (χ3v) is 7.54.